The highest BCUT2D eigenvalue weighted by Gasteiger charge is 2.14. The van der Waals surface area contributed by atoms with Gasteiger partial charge in [-0.3, -0.25) is 4.79 Å². The highest BCUT2D eigenvalue weighted by atomic mass is 16.5. The summed E-state index contributed by atoms with van der Waals surface area (Å²) in [5.41, 5.74) is 2.02. The monoisotopic (exact) mass is 249 g/mol. The summed E-state index contributed by atoms with van der Waals surface area (Å²) in [6, 6.07) is 7.78. The highest BCUT2D eigenvalue weighted by molar-refractivity contribution is 5.94. The van der Waals surface area contributed by atoms with Gasteiger partial charge in [-0.25, -0.2) is 0 Å². The molecule has 0 saturated carbocycles. The van der Waals surface area contributed by atoms with Crippen LogP contribution in [0.2, 0.25) is 0 Å². The van der Waals surface area contributed by atoms with Crippen molar-refractivity contribution >= 4 is 5.91 Å². The van der Waals surface area contributed by atoms with Gasteiger partial charge in [-0.05, 0) is 30.0 Å². The molecule has 1 rings (SSSR count). The third kappa shape index (κ3) is 4.15. The van der Waals surface area contributed by atoms with Gasteiger partial charge in [0, 0.05) is 18.7 Å². The molecule has 1 unspecified atom stereocenters. The lowest BCUT2D eigenvalue weighted by molar-refractivity contribution is 0.0905. The Morgan fingerprint density at radius 2 is 1.83 bits per heavy atom. The van der Waals surface area contributed by atoms with E-state index in [1.807, 2.05) is 31.2 Å². The number of nitrogens with one attached hydrogen (secondary N) is 1. The molecule has 0 aliphatic rings. The van der Waals surface area contributed by atoms with Crippen molar-refractivity contribution in [2.45, 2.75) is 39.2 Å². The second-order valence-corrected chi connectivity index (χ2v) is 5.66. The fraction of sp³-hybridized carbons (Fsp3) is 0.533. The van der Waals surface area contributed by atoms with Gasteiger partial charge >= 0.3 is 0 Å². The summed E-state index contributed by atoms with van der Waals surface area (Å²) in [7, 11) is 1.63. The molecular formula is C15H23NO2. The SMILES string of the molecule is COCC(C)NC(=O)c1ccc(C(C)(C)C)cc1. The van der Waals surface area contributed by atoms with Gasteiger partial charge in [-0.1, -0.05) is 32.9 Å². The molecule has 1 N–H and O–H groups in total. The van der Waals surface area contributed by atoms with Crippen molar-refractivity contribution in [2.24, 2.45) is 0 Å². The van der Waals surface area contributed by atoms with Crippen LogP contribution in [0.3, 0.4) is 0 Å². The lowest BCUT2D eigenvalue weighted by atomic mass is 9.86. The molecule has 0 radical (unpaired) electrons. The molecule has 1 amide bonds. The molecular weight excluding hydrogens is 226 g/mol. The van der Waals surface area contributed by atoms with E-state index in [1.54, 1.807) is 7.11 Å². The maximum absolute atomic E-state index is 11.9. The van der Waals surface area contributed by atoms with Gasteiger partial charge < -0.3 is 10.1 Å². The second-order valence-electron chi connectivity index (χ2n) is 5.66. The van der Waals surface area contributed by atoms with E-state index in [9.17, 15) is 4.79 Å². The average Bonchev–Trinajstić information content (AvgIpc) is 2.28. The van der Waals surface area contributed by atoms with E-state index in [2.05, 4.69) is 26.1 Å². The smallest absolute Gasteiger partial charge is 0.251 e. The molecule has 0 aromatic heterocycles. The number of ether oxygens (including phenoxy) is 1. The van der Waals surface area contributed by atoms with Crippen LogP contribution >= 0.6 is 0 Å². The Bertz CT molecular complexity index is 390. The average molecular weight is 249 g/mol. The zero-order valence-electron chi connectivity index (χ0n) is 11.9. The number of rotatable bonds is 4. The zero-order valence-corrected chi connectivity index (χ0v) is 11.9. The minimum Gasteiger partial charge on any atom is -0.383 e. The fourth-order valence-corrected chi connectivity index (χ4v) is 1.72. The molecule has 0 heterocycles. The molecule has 100 valence electrons. The van der Waals surface area contributed by atoms with Crippen molar-refractivity contribution in [2.75, 3.05) is 13.7 Å². The fourth-order valence-electron chi connectivity index (χ4n) is 1.72. The maximum atomic E-state index is 11.9. The van der Waals surface area contributed by atoms with Crippen molar-refractivity contribution in [3.05, 3.63) is 35.4 Å². The Labute approximate surface area is 110 Å². The number of methoxy groups -OCH3 is 1. The zero-order chi connectivity index (χ0) is 13.8. The summed E-state index contributed by atoms with van der Waals surface area (Å²) in [6.07, 6.45) is 0. The van der Waals surface area contributed by atoms with Crippen LogP contribution in [0.4, 0.5) is 0 Å². The molecule has 0 spiro atoms. The number of carbonyl (C=O) groups is 1. The van der Waals surface area contributed by atoms with Crippen molar-refractivity contribution in [3.8, 4) is 0 Å². The first-order valence-electron chi connectivity index (χ1n) is 6.25. The van der Waals surface area contributed by atoms with Crippen LogP contribution < -0.4 is 5.32 Å². The van der Waals surface area contributed by atoms with E-state index < -0.39 is 0 Å². The maximum Gasteiger partial charge on any atom is 0.251 e. The minimum absolute atomic E-state index is 0.0183. The van der Waals surface area contributed by atoms with E-state index in [0.717, 1.165) is 0 Å². The Kier molecular flexibility index (Phi) is 4.91. The summed E-state index contributed by atoms with van der Waals surface area (Å²) in [5.74, 6) is -0.0555. The molecule has 0 aliphatic heterocycles. The van der Waals surface area contributed by atoms with E-state index in [0.29, 0.717) is 12.2 Å². The summed E-state index contributed by atoms with van der Waals surface area (Å²) < 4.78 is 4.99. The third-order valence-corrected chi connectivity index (χ3v) is 2.81. The van der Waals surface area contributed by atoms with Gasteiger partial charge in [0.25, 0.3) is 5.91 Å². The number of hydrogen-bond acceptors (Lipinski definition) is 2. The van der Waals surface area contributed by atoms with Crippen molar-refractivity contribution in [1.29, 1.82) is 0 Å². The minimum atomic E-state index is -0.0555. The Morgan fingerprint density at radius 1 is 1.28 bits per heavy atom. The van der Waals surface area contributed by atoms with Gasteiger partial charge in [-0.15, -0.1) is 0 Å². The summed E-state index contributed by atoms with van der Waals surface area (Å²) in [5, 5.41) is 2.89. The summed E-state index contributed by atoms with van der Waals surface area (Å²) >= 11 is 0. The largest absolute Gasteiger partial charge is 0.383 e. The molecule has 0 bridgehead atoms. The number of amides is 1. The van der Waals surface area contributed by atoms with Gasteiger partial charge in [0.05, 0.1) is 6.61 Å². The normalized spacial score (nSPS) is 13.2. The Morgan fingerprint density at radius 3 is 2.28 bits per heavy atom. The third-order valence-electron chi connectivity index (χ3n) is 2.81. The summed E-state index contributed by atoms with van der Waals surface area (Å²) in [6.45, 7) is 8.91. The molecule has 3 heteroatoms. The predicted octanol–water partition coefficient (Wildman–Crippen LogP) is 2.75. The standard InChI is InChI=1S/C15H23NO2/c1-11(10-18-5)16-14(17)12-6-8-13(9-7-12)15(2,3)4/h6-9,11H,10H2,1-5H3,(H,16,17). The summed E-state index contributed by atoms with van der Waals surface area (Å²) in [4.78, 5) is 11.9. The van der Waals surface area contributed by atoms with Crippen molar-refractivity contribution in [3.63, 3.8) is 0 Å². The van der Waals surface area contributed by atoms with Gasteiger partial charge in [0.2, 0.25) is 0 Å². The molecule has 1 aromatic rings. The van der Waals surface area contributed by atoms with Crippen molar-refractivity contribution < 1.29 is 9.53 Å². The molecule has 0 saturated heterocycles. The predicted molar refractivity (Wildman–Crippen MR) is 73.9 cm³/mol. The lowest BCUT2D eigenvalue weighted by Crippen LogP contribution is -2.35. The number of hydrogen-bond donors (Lipinski definition) is 1. The topological polar surface area (TPSA) is 38.3 Å². The second kappa shape index (κ2) is 6.01. The first-order chi connectivity index (χ1) is 8.34. The Hall–Kier alpha value is -1.35. The molecule has 1 atom stereocenters. The van der Waals surface area contributed by atoms with Crippen LogP contribution in [-0.4, -0.2) is 25.7 Å². The lowest BCUT2D eigenvalue weighted by Gasteiger charge is -2.19. The van der Waals surface area contributed by atoms with E-state index in [4.69, 9.17) is 4.74 Å². The molecule has 1 aromatic carbocycles. The van der Waals surface area contributed by atoms with E-state index in [-0.39, 0.29) is 17.4 Å². The molecule has 0 aliphatic carbocycles. The van der Waals surface area contributed by atoms with E-state index >= 15 is 0 Å². The highest BCUT2D eigenvalue weighted by Crippen LogP contribution is 2.22. The van der Waals surface area contributed by atoms with Crippen LogP contribution in [0.1, 0.15) is 43.6 Å². The first-order valence-corrected chi connectivity index (χ1v) is 6.25. The number of benzene rings is 1. The first kappa shape index (κ1) is 14.7. The number of carbonyl (C=O) groups excluding carboxylic acids is 1. The Balaban J connectivity index is 2.71. The van der Waals surface area contributed by atoms with Crippen LogP contribution in [0, 0.1) is 0 Å². The molecule has 18 heavy (non-hydrogen) atoms. The van der Waals surface area contributed by atoms with Crippen molar-refractivity contribution in [1.82, 2.24) is 5.32 Å². The molecule has 3 nitrogen and oxygen atoms in total. The van der Waals surface area contributed by atoms with Crippen LogP contribution in [0.5, 0.6) is 0 Å². The quantitative estimate of drug-likeness (QED) is 0.891. The van der Waals surface area contributed by atoms with Gasteiger partial charge in [-0.2, -0.15) is 0 Å². The van der Waals surface area contributed by atoms with Gasteiger partial charge in [0.15, 0.2) is 0 Å². The van der Waals surface area contributed by atoms with Crippen LogP contribution in [0.15, 0.2) is 24.3 Å². The molecule has 0 fully saturated rings. The van der Waals surface area contributed by atoms with Crippen LogP contribution in [-0.2, 0) is 10.2 Å². The van der Waals surface area contributed by atoms with E-state index in [1.165, 1.54) is 5.56 Å². The van der Waals surface area contributed by atoms with Gasteiger partial charge in [0.1, 0.15) is 0 Å². The van der Waals surface area contributed by atoms with Crippen LogP contribution in [0.25, 0.3) is 0 Å².